The number of hydrogen-bond acceptors (Lipinski definition) is 1. The Bertz CT molecular complexity index is 636. The number of benzene rings is 2. The maximum Gasteiger partial charge on any atom is 0.416 e. The van der Waals surface area contributed by atoms with Gasteiger partial charge in [0.15, 0.2) is 0 Å². The van der Waals surface area contributed by atoms with E-state index in [2.05, 4.69) is 5.32 Å². The number of rotatable bonds is 3. The first-order valence-corrected chi connectivity index (χ1v) is 6.16. The zero-order valence-electron chi connectivity index (χ0n) is 11.0. The van der Waals surface area contributed by atoms with Crippen molar-refractivity contribution >= 4 is 5.69 Å². The van der Waals surface area contributed by atoms with Gasteiger partial charge in [-0.05, 0) is 31.2 Å². The van der Waals surface area contributed by atoms with Gasteiger partial charge in [0.1, 0.15) is 11.6 Å². The highest BCUT2D eigenvalue weighted by molar-refractivity contribution is 5.48. The number of hydrogen-bond donors (Lipinski definition) is 1. The summed E-state index contributed by atoms with van der Waals surface area (Å²) in [4.78, 5) is 0. The molecule has 0 aliphatic rings. The van der Waals surface area contributed by atoms with Crippen LogP contribution in [0.3, 0.4) is 0 Å². The van der Waals surface area contributed by atoms with E-state index in [-0.39, 0.29) is 5.69 Å². The molecule has 1 N–H and O–H groups in total. The van der Waals surface area contributed by atoms with Crippen molar-refractivity contribution in [1.82, 2.24) is 0 Å². The Hall–Kier alpha value is -2.11. The Morgan fingerprint density at radius 1 is 0.952 bits per heavy atom. The zero-order valence-corrected chi connectivity index (χ0v) is 11.0. The molecule has 1 nitrogen and oxygen atoms in total. The van der Waals surface area contributed by atoms with Crippen LogP contribution in [0.2, 0.25) is 0 Å². The van der Waals surface area contributed by atoms with Crippen molar-refractivity contribution in [1.29, 1.82) is 0 Å². The van der Waals surface area contributed by atoms with Gasteiger partial charge in [0.25, 0.3) is 0 Å². The third kappa shape index (κ3) is 3.51. The van der Waals surface area contributed by atoms with E-state index < -0.39 is 29.4 Å². The summed E-state index contributed by atoms with van der Waals surface area (Å²) in [6.07, 6.45) is -4.60. The van der Waals surface area contributed by atoms with Crippen LogP contribution in [-0.2, 0) is 6.18 Å². The minimum absolute atomic E-state index is 0.112. The summed E-state index contributed by atoms with van der Waals surface area (Å²) in [5.41, 5.74) is -0.875. The van der Waals surface area contributed by atoms with Crippen LogP contribution in [0.4, 0.5) is 27.6 Å². The molecule has 0 aliphatic carbocycles. The molecule has 0 aliphatic heterocycles. The maximum absolute atomic E-state index is 13.7. The molecule has 0 bridgehead atoms. The number of halogens is 5. The van der Waals surface area contributed by atoms with E-state index in [1.165, 1.54) is 18.2 Å². The Kier molecular flexibility index (Phi) is 4.16. The van der Waals surface area contributed by atoms with Gasteiger partial charge in [0.05, 0.1) is 17.3 Å². The Morgan fingerprint density at radius 2 is 1.62 bits per heavy atom. The van der Waals surface area contributed by atoms with E-state index in [4.69, 9.17) is 0 Å². The van der Waals surface area contributed by atoms with E-state index in [0.717, 1.165) is 12.1 Å². The summed E-state index contributed by atoms with van der Waals surface area (Å²) in [5, 5.41) is 2.66. The standard InChI is InChI=1S/C15H12F5N/c1-9(11-4-2-3-5-12(11)16)21-14-7-6-10(8-13(14)17)15(18,19)20/h2-9,21H,1H3. The van der Waals surface area contributed by atoms with E-state index in [9.17, 15) is 22.0 Å². The van der Waals surface area contributed by atoms with Crippen molar-refractivity contribution in [2.24, 2.45) is 0 Å². The highest BCUT2D eigenvalue weighted by Crippen LogP contribution is 2.32. The van der Waals surface area contributed by atoms with Gasteiger partial charge >= 0.3 is 6.18 Å². The van der Waals surface area contributed by atoms with Crippen molar-refractivity contribution in [3.8, 4) is 0 Å². The molecule has 0 spiro atoms. The predicted octanol–water partition coefficient (Wildman–Crippen LogP) is 5.16. The van der Waals surface area contributed by atoms with Gasteiger partial charge in [-0.2, -0.15) is 13.2 Å². The summed E-state index contributed by atoms with van der Waals surface area (Å²) in [6, 6.07) is 7.53. The highest BCUT2D eigenvalue weighted by atomic mass is 19.4. The molecule has 2 aromatic carbocycles. The van der Waals surface area contributed by atoms with E-state index in [1.807, 2.05) is 0 Å². The van der Waals surface area contributed by atoms with Gasteiger partial charge in [-0.25, -0.2) is 8.78 Å². The average molecular weight is 301 g/mol. The fourth-order valence-electron chi connectivity index (χ4n) is 1.95. The molecule has 112 valence electrons. The minimum atomic E-state index is -4.60. The lowest BCUT2D eigenvalue weighted by Gasteiger charge is -2.17. The molecule has 0 heterocycles. The second kappa shape index (κ2) is 5.71. The average Bonchev–Trinajstić information content (AvgIpc) is 2.40. The summed E-state index contributed by atoms with van der Waals surface area (Å²) in [5.74, 6) is -1.50. The second-order valence-electron chi connectivity index (χ2n) is 4.58. The Balaban J connectivity index is 2.23. The smallest absolute Gasteiger partial charge is 0.376 e. The van der Waals surface area contributed by atoms with Gasteiger partial charge < -0.3 is 5.32 Å². The predicted molar refractivity (Wildman–Crippen MR) is 69.8 cm³/mol. The molecule has 21 heavy (non-hydrogen) atoms. The summed E-state index contributed by atoms with van der Waals surface area (Å²) in [7, 11) is 0. The van der Waals surface area contributed by atoms with E-state index in [1.54, 1.807) is 13.0 Å². The molecular weight excluding hydrogens is 289 g/mol. The molecule has 6 heteroatoms. The molecule has 2 aromatic rings. The molecule has 2 rings (SSSR count). The van der Waals surface area contributed by atoms with E-state index in [0.29, 0.717) is 11.6 Å². The lowest BCUT2D eigenvalue weighted by atomic mass is 10.1. The topological polar surface area (TPSA) is 12.0 Å². The molecule has 0 fully saturated rings. The SMILES string of the molecule is CC(Nc1ccc(C(F)(F)F)cc1F)c1ccccc1F. The van der Waals surface area contributed by atoms with Crippen LogP contribution in [0, 0.1) is 11.6 Å². The van der Waals surface area contributed by atoms with Crippen molar-refractivity contribution < 1.29 is 22.0 Å². The first kappa shape index (κ1) is 15.3. The van der Waals surface area contributed by atoms with Gasteiger partial charge in [0, 0.05) is 5.56 Å². The molecule has 0 aromatic heterocycles. The van der Waals surface area contributed by atoms with Crippen molar-refractivity contribution in [2.45, 2.75) is 19.1 Å². The first-order chi connectivity index (χ1) is 9.79. The van der Waals surface area contributed by atoms with Gasteiger partial charge in [-0.1, -0.05) is 18.2 Å². The van der Waals surface area contributed by atoms with Crippen LogP contribution >= 0.6 is 0 Å². The lowest BCUT2D eigenvalue weighted by Crippen LogP contribution is -2.11. The van der Waals surface area contributed by atoms with Crippen LogP contribution in [0.1, 0.15) is 24.1 Å². The first-order valence-electron chi connectivity index (χ1n) is 6.16. The van der Waals surface area contributed by atoms with Gasteiger partial charge in [-0.3, -0.25) is 0 Å². The summed E-state index contributed by atoms with van der Waals surface area (Å²) >= 11 is 0. The van der Waals surface area contributed by atoms with Crippen molar-refractivity contribution in [3.05, 3.63) is 65.2 Å². The molecule has 1 unspecified atom stereocenters. The second-order valence-corrected chi connectivity index (χ2v) is 4.58. The number of anilines is 1. The zero-order chi connectivity index (χ0) is 15.6. The largest absolute Gasteiger partial charge is 0.416 e. The summed E-state index contributed by atoms with van der Waals surface area (Å²) in [6.45, 7) is 1.59. The maximum atomic E-state index is 13.7. The minimum Gasteiger partial charge on any atom is -0.376 e. The molecule has 1 atom stereocenters. The number of alkyl halides is 3. The normalized spacial score (nSPS) is 13.0. The molecule has 0 saturated carbocycles. The lowest BCUT2D eigenvalue weighted by molar-refractivity contribution is -0.137. The van der Waals surface area contributed by atoms with Crippen molar-refractivity contribution in [3.63, 3.8) is 0 Å². The molecule has 0 saturated heterocycles. The third-order valence-electron chi connectivity index (χ3n) is 3.04. The Labute approximate surface area is 118 Å². The van der Waals surface area contributed by atoms with Gasteiger partial charge in [0.2, 0.25) is 0 Å². The number of nitrogens with one attached hydrogen (secondary N) is 1. The molecule has 0 amide bonds. The van der Waals surface area contributed by atoms with Crippen LogP contribution in [0.25, 0.3) is 0 Å². The molecular formula is C15H12F5N. The third-order valence-corrected chi connectivity index (χ3v) is 3.04. The summed E-state index contributed by atoms with van der Waals surface area (Å²) < 4.78 is 64.6. The van der Waals surface area contributed by atoms with Crippen LogP contribution in [0.5, 0.6) is 0 Å². The molecule has 0 radical (unpaired) electrons. The fraction of sp³-hybridized carbons (Fsp3) is 0.200. The Morgan fingerprint density at radius 3 is 2.19 bits per heavy atom. The van der Waals surface area contributed by atoms with Crippen LogP contribution < -0.4 is 5.32 Å². The van der Waals surface area contributed by atoms with Crippen LogP contribution in [-0.4, -0.2) is 0 Å². The van der Waals surface area contributed by atoms with E-state index >= 15 is 0 Å². The quantitative estimate of drug-likeness (QED) is 0.772. The van der Waals surface area contributed by atoms with Crippen LogP contribution in [0.15, 0.2) is 42.5 Å². The van der Waals surface area contributed by atoms with Gasteiger partial charge in [-0.15, -0.1) is 0 Å². The van der Waals surface area contributed by atoms with Crippen molar-refractivity contribution in [2.75, 3.05) is 5.32 Å². The fourth-order valence-corrected chi connectivity index (χ4v) is 1.95. The monoisotopic (exact) mass is 301 g/mol. The highest BCUT2D eigenvalue weighted by Gasteiger charge is 2.31.